The lowest BCUT2D eigenvalue weighted by Gasteiger charge is -2.42. The Bertz CT molecular complexity index is 1470. The van der Waals surface area contributed by atoms with Gasteiger partial charge in [-0.05, 0) is 24.3 Å². The quantitative estimate of drug-likeness (QED) is 0.142. The Kier molecular flexibility index (Phi) is 8.41. The second-order valence-corrected chi connectivity index (χ2v) is 10.1. The van der Waals surface area contributed by atoms with Crippen LogP contribution in [0.3, 0.4) is 0 Å². The smallest absolute Gasteiger partial charge is 0.229 e. The monoisotopic (exact) mass is 594 g/mol. The lowest BCUT2D eigenvalue weighted by molar-refractivity contribution is -0.278. The number of fused-ring (bicyclic) bond motifs is 1. The molecule has 1 aromatic heterocycles. The molecule has 15 heteroatoms. The molecule has 0 bridgehead atoms. The third-order valence-corrected chi connectivity index (χ3v) is 7.41. The van der Waals surface area contributed by atoms with Crippen molar-refractivity contribution in [3.8, 4) is 28.6 Å². The molecule has 5 rings (SSSR count). The zero-order valence-electron chi connectivity index (χ0n) is 21.7. The Labute approximate surface area is 236 Å². The van der Waals surface area contributed by atoms with Gasteiger partial charge in [-0.15, -0.1) is 0 Å². The maximum Gasteiger partial charge on any atom is 0.229 e. The highest BCUT2D eigenvalue weighted by atomic mass is 16.7. The number of phenolic OH excluding ortho intramolecular Hbond substituents is 2. The van der Waals surface area contributed by atoms with Crippen molar-refractivity contribution in [2.45, 2.75) is 61.2 Å². The molecule has 3 aromatic rings. The second-order valence-electron chi connectivity index (χ2n) is 10.1. The summed E-state index contributed by atoms with van der Waals surface area (Å²) in [6.45, 7) is -1.59. The maximum atomic E-state index is 13.2. The van der Waals surface area contributed by atoms with E-state index in [-0.39, 0.29) is 17.1 Å². The first-order valence-corrected chi connectivity index (χ1v) is 12.9. The molecule has 15 nitrogen and oxygen atoms in total. The average molecular weight is 595 g/mol. The van der Waals surface area contributed by atoms with Gasteiger partial charge in [0.15, 0.2) is 5.43 Å². The molecule has 10 N–H and O–H groups in total. The zero-order valence-corrected chi connectivity index (χ0v) is 21.7. The molecule has 2 aromatic carbocycles. The van der Waals surface area contributed by atoms with Crippen LogP contribution in [0.25, 0.3) is 22.3 Å². The van der Waals surface area contributed by atoms with Crippen molar-refractivity contribution in [2.75, 3.05) is 13.2 Å². The average Bonchev–Trinajstić information content (AvgIpc) is 2.97. The number of hydrogen-bond donors (Lipinski definition) is 10. The van der Waals surface area contributed by atoms with E-state index in [4.69, 9.17) is 18.6 Å². The summed E-state index contributed by atoms with van der Waals surface area (Å²) in [5.41, 5.74) is -1.13. The van der Waals surface area contributed by atoms with E-state index in [9.17, 15) is 55.9 Å². The molecule has 0 unspecified atom stereocenters. The van der Waals surface area contributed by atoms with Crippen LogP contribution in [0.1, 0.15) is 11.7 Å². The number of hydrogen-bond acceptors (Lipinski definition) is 15. The Balaban J connectivity index is 1.68. The van der Waals surface area contributed by atoms with Gasteiger partial charge >= 0.3 is 0 Å². The molecule has 0 amide bonds. The predicted molar refractivity (Wildman–Crippen MR) is 138 cm³/mol. The number of benzene rings is 2. The van der Waals surface area contributed by atoms with Crippen molar-refractivity contribution in [1.82, 2.24) is 0 Å². The van der Waals surface area contributed by atoms with Gasteiger partial charge in [0.25, 0.3) is 0 Å². The predicted octanol–water partition coefficient (Wildman–Crippen LogP) is -2.44. The summed E-state index contributed by atoms with van der Waals surface area (Å²) < 4.78 is 22.6. The fraction of sp³-hybridized carbons (Fsp3) is 0.444. The summed E-state index contributed by atoms with van der Waals surface area (Å²) in [6.07, 6.45) is -17.4. The molecule has 228 valence electrons. The standard InChI is InChI=1S/C27H30O15/c28-7-15-19(32)22(35)24(37)26(40-15)18-14(41-27-25(38)23(36)20(33)16(8-29)42-27)6-13-17(21(18)34)11(31)5-12(39-13)9-1-3-10(30)4-2-9/h1-6,15-16,19-20,22-30,32-38H,7-8H2/t15-,16-,19+,20-,22-,23-,24+,25+,26-,27+/m0/s1. The summed E-state index contributed by atoms with van der Waals surface area (Å²) in [5, 5.41) is 102. The Morgan fingerprint density at radius 1 is 0.738 bits per heavy atom. The normalized spacial score (nSPS) is 33.5. The van der Waals surface area contributed by atoms with Crippen LogP contribution in [-0.2, 0) is 9.47 Å². The second kappa shape index (κ2) is 11.7. The maximum absolute atomic E-state index is 13.2. The van der Waals surface area contributed by atoms with E-state index in [1.165, 1.54) is 24.3 Å². The lowest BCUT2D eigenvalue weighted by Crippen LogP contribution is -2.60. The number of aliphatic hydroxyl groups is 8. The molecule has 2 aliphatic rings. The van der Waals surface area contributed by atoms with Gasteiger partial charge in [0, 0.05) is 17.7 Å². The molecule has 42 heavy (non-hydrogen) atoms. The third-order valence-electron chi connectivity index (χ3n) is 7.41. The van der Waals surface area contributed by atoms with Gasteiger partial charge in [0.1, 0.15) is 88.9 Å². The summed E-state index contributed by atoms with van der Waals surface area (Å²) >= 11 is 0. The fourth-order valence-electron chi connectivity index (χ4n) is 5.07. The Morgan fingerprint density at radius 2 is 1.33 bits per heavy atom. The van der Waals surface area contributed by atoms with Crippen molar-refractivity contribution in [3.05, 3.63) is 52.2 Å². The van der Waals surface area contributed by atoms with Crippen molar-refractivity contribution in [3.63, 3.8) is 0 Å². The number of aliphatic hydroxyl groups excluding tert-OH is 8. The van der Waals surface area contributed by atoms with Crippen LogP contribution in [0.5, 0.6) is 17.2 Å². The van der Waals surface area contributed by atoms with Crippen LogP contribution in [-0.4, -0.2) is 119 Å². The highest BCUT2D eigenvalue weighted by Crippen LogP contribution is 2.46. The van der Waals surface area contributed by atoms with Gasteiger partial charge in [-0.1, -0.05) is 0 Å². The molecular formula is C27H30O15. The SMILES string of the molecule is O=c1cc(-c2ccc(O)cc2)oc2cc(O[C@@H]3O[C@@H](CO)[C@H](O)[C@H](O)[C@H]3O)c([C@@H]3O[C@@H](CO)[C@@H](O)[C@H](O)[C@H]3O)c(O)c12. The first-order chi connectivity index (χ1) is 20.0. The van der Waals surface area contributed by atoms with Crippen LogP contribution >= 0.6 is 0 Å². The van der Waals surface area contributed by atoms with Crippen LogP contribution < -0.4 is 10.2 Å². The first-order valence-electron chi connectivity index (χ1n) is 12.9. The van der Waals surface area contributed by atoms with Gasteiger partial charge in [-0.3, -0.25) is 4.79 Å². The van der Waals surface area contributed by atoms with Crippen molar-refractivity contribution < 1.29 is 69.7 Å². The number of aromatic hydroxyl groups is 2. The van der Waals surface area contributed by atoms with Gasteiger partial charge < -0.3 is 69.7 Å². The third kappa shape index (κ3) is 5.20. The molecule has 0 saturated carbocycles. The van der Waals surface area contributed by atoms with Gasteiger partial charge in [-0.25, -0.2) is 0 Å². The molecule has 2 aliphatic heterocycles. The highest BCUT2D eigenvalue weighted by molar-refractivity contribution is 5.88. The minimum Gasteiger partial charge on any atom is -0.508 e. The molecular weight excluding hydrogens is 564 g/mol. The van der Waals surface area contributed by atoms with Crippen LogP contribution in [0, 0.1) is 0 Å². The van der Waals surface area contributed by atoms with Crippen molar-refractivity contribution in [1.29, 1.82) is 0 Å². The molecule has 0 aliphatic carbocycles. The van der Waals surface area contributed by atoms with Gasteiger partial charge in [0.2, 0.25) is 6.29 Å². The number of phenols is 2. The molecule has 2 fully saturated rings. The molecule has 0 radical (unpaired) electrons. The van der Waals surface area contributed by atoms with E-state index >= 15 is 0 Å². The van der Waals surface area contributed by atoms with Crippen molar-refractivity contribution >= 4 is 11.0 Å². The molecule has 2 saturated heterocycles. The first kappa shape index (κ1) is 30.1. The van der Waals surface area contributed by atoms with E-state index in [1.54, 1.807) is 0 Å². The van der Waals surface area contributed by atoms with Gasteiger partial charge in [0.05, 0.1) is 18.8 Å². The topological polar surface area (TPSA) is 260 Å². The molecule has 3 heterocycles. The minimum atomic E-state index is -1.94. The largest absolute Gasteiger partial charge is 0.508 e. The van der Waals surface area contributed by atoms with Crippen molar-refractivity contribution in [2.24, 2.45) is 0 Å². The molecule has 10 atom stereocenters. The zero-order chi connectivity index (χ0) is 30.5. The molecule has 0 spiro atoms. The van der Waals surface area contributed by atoms with E-state index < -0.39 is 102 Å². The van der Waals surface area contributed by atoms with E-state index in [1.807, 2.05) is 0 Å². The highest BCUT2D eigenvalue weighted by Gasteiger charge is 2.48. The Morgan fingerprint density at radius 3 is 1.95 bits per heavy atom. The summed E-state index contributed by atoms with van der Waals surface area (Å²) in [6, 6.07) is 7.78. The van der Waals surface area contributed by atoms with E-state index in [2.05, 4.69) is 0 Å². The van der Waals surface area contributed by atoms with E-state index in [0.29, 0.717) is 5.56 Å². The Hall–Kier alpha value is -3.35. The summed E-state index contributed by atoms with van der Waals surface area (Å²) in [7, 11) is 0. The van der Waals surface area contributed by atoms with Crippen LogP contribution in [0.4, 0.5) is 0 Å². The van der Waals surface area contributed by atoms with Gasteiger partial charge in [-0.2, -0.15) is 0 Å². The summed E-state index contributed by atoms with van der Waals surface area (Å²) in [4.78, 5) is 13.2. The number of ether oxygens (including phenoxy) is 3. The minimum absolute atomic E-state index is 0.0197. The van der Waals surface area contributed by atoms with E-state index in [0.717, 1.165) is 12.1 Å². The van der Waals surface area contributed by atoms with Crippen LogP contribution in [0.15, 0.2) is 45.6 Å². The number of rotatable bonds is 6. The fourth-order valence-corrected chi connectivity index (χ4v) is 5.07. The van der Waals surface area contributed by atoms with Crippen LogP contribution in [0.2, 0.25) is 0 Å². The summed E-state index contributed by atoms with van der Waals surface area (Å²) in [5.74, 6) is -1.33. The lowest BCUT2D eigenvalue weighted by atomic mass is 9.89.